The monoisotopic (exact) mass is 298 g/mol. The van der Waals surface area contributed by atoms with Gasteiger partial charge in [0, 0.05) is 6.04 Å². The maximum Gasteiger partial charge on any atom is 0.323 e. The highest BCUT2D eigenvalue weighted by Crippen LogP contribution is 2.18. The summed E-state index contributed by atoms with van der Waals surface area (Å²) in [4.78, 5) is 25.8. The summed E-state index contributed by atoms with van der Waals surface area (Å²) in [5.41, 5.74) is 0. The minimum atomic E-state index is -0.244. The van der Waals surface area contributed by atoms with Gasteiger partial charge in [-0.05, 0) is 39.7 Å². The highest BCUT2D eigenvalue weighted by molar-refractivity contribution is 5.81. The molecule has 0 aromatic carbocycles. The molecule has 1 saturated heterocycles. The van der Waals surface area contributed by atoms with Gasteiger partial charge in [-0.2, -0.15) is 0 Å². The second-order valence-electron chi connectivity index (χ2n) is 5.84. The first-order valence-electron chi connectivity index (χ1n) is 8.28. The van der Waals surface area contributed by atoms with Crippen molar-refractivity contribution < 1.29 is 14.3 Å². The Kier molecular flexibility index (Phi) is 8.35. The van der Waals surface area contributed by atoms with E-state index in [0.717, 1.165) is 32.2 Å². The van der Waals surface area contributed by atoms with E-state index in [4.69, 9.17) is 4.74 Å². The van der Waals surface area contributed by atoms with Crippen molar-refractivity contribution in [3.63, 3.8) is 0 Å². The molecule has 5 heteroatoms. The molecule has 1 heterocycles. The van der Waals surface area contributed by atoms with Gasteiger partial charge in [0.25, 0.3) is 0 Å². The van der Waals surface area contributed by atoms with E-state index in [1.54, 1.807) is 0 Å². The smallest absolute Gasteiger partial charge is 0.323 e. The van der Waals surface area contributed by atoms with Crippen LogP contribution in [0.4, 0.5) is 0 Å². The first-order valence-corrected chi connectivity index (χ1v) is 8.28. The number of carbonyl (C=O) groups is 2. The fourth-order valence-corrected chi connectivity index (χ4v) is 2.80. The summed E-state index contributed by atoms with van der Waals surface area (Å²) in [6, 6.07) is -0.0428. The molecular weight excluding hydrogens is 268 g/mol. The maximum absolute atomic E-state index is 12.1. The molecule has 1 aliphatic rings. The Balaban J connectivity index is 2.34. The normalized spacial score (nSPS) is 20.2. The van der Waals surface area contributed by atoms with Gasteiger partial charge < -0.3 is 10.1 Å². The van der Waals surface area contributed by atoms with Crippen LogP contribution in [0.2, 0.25) is 0 Å². The van der Waals surface area contributed by atoms with Crippen LogP contribution < -0.4 is 5.32 Å². The predicted octanol–water partition coefficient (Wildman–Crippen LogP) is 2.10. The molecule has 0 aromatic heterocycles. The van der Waals surface area contributed by atoms with Crippen molar-refractivity contribution in [2.45, 2.75) is 71.4 Å². The van der Waals surface area contributed by atoms with Crippen molar-refractivity contribution in [3.8, 4) is 0 Å². The molecular formula is C16H30N2O3. The third-order valence-electron chi connectivity index (χ3n) is 3.92. The first kappa shape index (κ1) is 18.0. The molecule has 1 N–H and O–H groups in total. The summed E-state index contributed by atoms with van der Waals surface area (Å²) in [6.45, 7) is 7.50. The summed E-state index contributed by atoms with van der Waals surface area (Å²) >= 11 is 0. The van der Waals surface area contributed by atoms with Crippen LogP contribution in [0.25, 0.3) is 0 Å². The highest BCUT2D eigenvalue weighted by Gasteiger charge is 2.32. The Bertz CT molecular complexity index is 333. The van der Waals surface area contributed by atoms with E-state index in [2.05, 4.69) is 12.2 Å². The van der Waals surface area contributed by atoms with Crippen LogP contribution in [0, 0.1) is 0 Å². The van der Waals surface area contributed by atoms with E-state index >= 15 is 0 Å². The number of ether oxygens (including phenoxy) is 1. The van der Waals surface area contributed by atoms with Gasteiger partial charge in [0.15, 0.2) is 0 Å². The molecule has 0 aromatic rings. The molecule has 21 heavy (non-hydrogen) atoms. The van der Waals surface area contributed by atoms with Crippen molar-refractivity contribution in [2.75, 3.05) is 19.7 Å². The summed E-state index contributed by atoms with van der Waals surface area (Å²) in [6.07, 6.45) is 6.29. The predicted molar refractivity (Wildman–Crippen MR) is 83.0 cm³/mol. The number of unbranched alkanes of at least 4 members (excludes halogenated alkanes) is 2. The van der Waals surface area contributed by atoms with E-state index in [-0.39, 0.29) is 24.0 Å². The Hall–Kier alpha value is -1.10. The number of hydrogen-bond donors (Lipinski definition) is 1. The number of carbonyl (C=O) groups excluding carboxylic acids is 2. The van der Waals surface area contributed by atoms with Gasteiger partial charge >= 0.3 is 5.97 Å². The fraction of sp³-hybridized carbons (Fsp3) is 0.875. The molecule has 1 rings (SSSR count). The first-order chi connectivity index (χ1) is 10.1. The minimum Gasteiger partial charge on any atom is -0.465 e. The van der Waals surface area contributed by atoms with Crippen molar-refractivity contribution >= 4 is 11.9 Å². The molecule has 1 aliphatic heterocycles. The molecule has 0 saturated carbocycles. The van der Waals surface area contributed by atoms with E-state index in [0.29, 0.717) is 13.2 Å². The molecule has 2 unspecified atom stereocenters. The number of hydrogen-bond acceptors (Lipinski definition) is 4. The summed E-state index contributed by atoms with van der Waals surface area (Å²) < 4.78 is 5.07. The van der Waals surface area contributed by atoms with Crippen LogP contribution >= 0.6 is 0 Å². The number of nitrogens with one attached hydrogen (secondary N) is 1. The highest BCUT2D eigenvalue weighted by atomic mass is 16.5. The van der Waals surface area contributed by atoms with Gasteiger partial charge in [0.05, 0.1) is 13.2 Å². The third-order valence-corrected chi connectivity index (χ3v) is 3.92. The summed E-state index contributed by atoms with van der Waals surface area (Å²) in [5.74, 6) is -0.186. The van der Waals surface area contributed by atoms with Crippen LogP contribution in [0.1, 0.15) is 59.3 Å². The van der Waals surface area contributed by atoms with Crippen LogP contribution in [0.15, 0.2) is 0 Å². The zero-order valence-electron chi connectivity index (χ0n) is 13.7. The van der Waals surface area contributed by atoms with E-state index in [1.807, 2.05) is 18.7 Å². The molecule has 0 radical (unpaired) electrons. The second kappa shape index (κ2) is 9.77. The zero-order chi connectivity index (χ0) is 15.7. The zero-order valence-corrected chi connectivity index (χ0v) is 13.7. The van der Waals surface area contributed by atoms with Crippen LogP contribution in [0.3, 0.4) is 0 Å². The van der Waals surface area contributed by atoms with Crippen LogP contribution in [-0.4, -0.2) is 48.6 Å². The Morgan fingerprint density at radius 2 is 2.10 bits per heavy atom. The van der Waals surface area contributed by atoms with Gasteiger partial charge in [-0.15, -0.1) is 0 Å². The summed E-state index contributed by atoms with van der Waals surface area (Å²) in [7, 11) is 0. The van der Waals surface area contributed by atoms with Crippen molar-refractivity contribution in [1.29, 1.82) is 0 Å². The molecule has 0 aliphatic carbocycles. The lowest BCUT2D eigenvalue weighted by atomic mass is 10.1. The van der Waals surface area contributed by atoms with E-state index in [1.165, 1.54) is 12.8 Å². The summed E-state index contributed by atoms with van der Waals surface area (Å²) in [5, 5.41) is 3.02. The van der Waals surface area contributed by atoms with Gasteiger partial charge in [0.1, 0.15) is 6.04 Å². The molecule has 5 nitrogen and oxygen atoms in total. The molecule has 0 spiro atoms. The van der Waals surface area contributed by atoms with Crippen molar-refractivity contribution in [1.82, 2.24) is 10.2 Å². The fourth-order valence-electron chi connectivity index (χ4n) is 2.80. The van der Waals surface area contributed by atoms with Crippen LogP contribution in [-0.2, 0) is 14.3 Å². The lowest BCUT2D eigenvalue weighted by Gasteiger charge is -2.23. The van der Waals surface area contributed by atoms with Gasteiger partial charge in [-0.25, -0.2) is 0 Å². The topological polar surface area (TPSA) is 58.6 Å². The molecule has 2 atom stereocenters. The molecule has 1 amide bonds. The largest absolute Gasteiger partial charge is 0.465 e. The van der Waals surface area contributed by atoms with Crippen molar-refractivity contribution in [2.24, 2.45) is 0 Å². The number of esters is 1. The number of nitrogens with zero attached hydrogens (tertiary/aromatic N) is 1. The number of rotatable bonds is 9. The van der Waals surface area contributed by atoms with Gasteiger partial charge in [-0.1, -0.05) is 26.2 Å². The van der Waals surface area contributed by atoms with Crippen molar-refractivity contribution in [3.05, 3.63) is 0 Å². The second-order valence-corrected chi connectivity index (χ2v) is 5.84. The molecule has 1 fully saturated rings. The van der Waals surface area contributed by atoms with E-state index < -0.39 is 0 Å². The number of likely N-dealkylation sites (tertiary alicyclic amines) is 1. The Morgan fingerprint density at radius 1 is 1.33 bits per heavy atom. The van der Waals surface area contributed by atoms with Gasteiger partial charge in [-0.3, -0.25) is 14.5 Å². The minimum absolute atomic E-state index is 0.00944. The average Bonchev–Trinajstić information content (AvgIpc) is 2.87. The van der Waals surface area contributed by atoms with Crippen LogP contribution in [0.5, 0.6) is 0 Å². The van der Waals surface area contributed by atoms with Gasteiger partial charge in [0.2, 0.25) is 5.91 Å². The Morgan fingerprint density at radius 3 is 2.76 bits per heavy atom. The Labute approximate surface area is 128 Å². The lowest BCUT2D eigenvalue weighted by Crippen LogP contribution is -2.45. The third kappa shape index (κ3) is 6.46. The quantitative estimate of drug-likeness (QED) is 0.523. The SMILES string of the molecule is CCCCCC(C)NC(=O)CN1CCCC1C(=O)OCC. The molecule has 0 bridgehead atoms. The average molecular weight is 298 g/mol. The van der Waals surface area contributed by atoms with E-state index in [9.17, 15) is 9.59 Å². The standard InChI is InChI=1S/C16H30N2O3/c1-4-6-7-9-13(3)17-15(19)12-18-11-8-10-14(18)16(20)21-5-2/h13-14H,4-12H2,1-3H3,(H,17,19). The number of amides is 1. The maximum atomic E-state index is 12.1. The molecule has 122 valence electrons. The lowest BCUT2D eigenvalue weighted by molar-refractivity contribution is -0.148.